The lowest BCUT2D eigenvalue weighted by Gasteiger charge is -2.50. The number of quaternary nitrogens is 1. The number of carbonyl (C=O) groups excluding carboxylic acids is 3. The van der Waals surface area contributed by atoms with Crippen LogP contribution in [-0.2, 0) is 14.3 Å². The number of hydrogen-bond acceptors (Lipinski definition) is 7. The summed E-state index contributed by atoms with van der Waals surface area (Å²) in [5.74, 6) is -0.815. The van der Waals surface area contributed by atoms with E-state index in [1.807, 2.05) is 6.07 Å². The normalized spacial score (nSPS) is 25.6. The number of ether oxygens (including phenoxy) is 2. The van der Waals surface area contributed by atoms with Crippen molar-refractivity contribution in [1.82, 2.24) is 5.32 Å². The van der Waals surface area contributed by atoms with Crippen molar-refractivity contribution in [3.05, 3.63) is 59.7 Å². The van der Waals surface area contributed by atoms with Gasteiger partial charge in [0.1, 0.15) is 29.7 Å². The average Bonchev–Trinajstić information content (AvgIpc) is 3.44. The van der Waals surface area contributed by atoms with Gasteiger partial charge in [-0.15, -0.1) is 0 Å². The molecule has 3 unspecified atom stereocenters. The highest BCUT2D eigenvalue weighted by molar-refractivity contribution is 6.10. The molecule has 3 atom stereocenters. The maximum absolute atomic E-state index is 12.9. The Morgan fingerprint density at radius 1 is 0.951 bits per heavy atom. The number of carbonyl (C=O) groups is 3. The van der Waals surface area contributed by atoms with Crippen LogP contribution in [0, 0.1) is 5.92 Å². The Bertz CT molecular complexity index is 1300. The number of ketones is 1. The number of phenolic OH excluding ortho intramolecular Hbond substituents is 1. The van der Waals surface area contributed by atoms with Gasteiger partial charge in [-0.3, -0.25) is 14.4 Å². The maximum atomic E-state index is 12.9. The van der Waals surface area contributed by atoms with E-state index in [0.29, 0.717) is 29.6 Å². The molecule has 0 spiro atoms. The largest absolute Gasteiger partial charge is 0.507 e. The summed E-state index contributed by atoms with van der Waals surface area (Å²) in [7, 11) is 0. The highest BCUT2D eigenvalue weighted by atomic mass is 16.5. The third kappa shape index (κ3) is 6.99. The van der Waals surface area contributed by atoms with Crippen LogP contribution in [0.4, 0.5) is 0 Å². The van der Waals surface area contributed by atoms with Crippen LogP contribution in [0.5, 0.6) is 11.5 Å². The van der Waals surface area contributed by atoms with Crippen LogP contribution in [0.3, 0.4) is 0 Å². The molecule has 2 fully saturated rings. The van der Waals surface area contributed by atoms with Gasteiger partial charge in [-0.05, 0) is 53.7 Å². The van der Waals surface area contributed by atoms with Crippen LogP contribution in [0.2, 0.25) is 0 Å². The molecule has 2 saturated heterocycles. The summed E-state index contributed by atoms with van der Waals surface area (Å²) in [6.07, 6.45) is 1.07. The summed E-state index contributed by atoms with van der Waals surface area (Å²) >= 11 is 0. The summed E-state index contributed by atoms with van der Waals surface area (Å²) in [4.78, 5) is 38.3. The van der Waals surface area contributed by atoms with E-state index >= 15 is 0 Å². The zero-order chi connectivity index (χ0) is 30.2. The topological polar surface area (TPSA) is 102 Å². The molecule has 2 aromatic rings. The zero-order valence-electron chi connectivity index (χ0n) is 25.5. The van der Waals surface area contributed by atoms with Gasteiger partial charge in [-0.2, -0.15) is 0 Å². The number of hydrogen-bond donors (Lipinski definition) is 2. The number of benzene rings is 2. The van der Waals surface area contributed by atoms with Gasteiger partial charge < -0.3 is 24.4 Å². The SMILES string of the molecule is CC1C(OC(=O)CC[N+]2(CCC(=O)Oc3ccc(C(=O)c4ccccc4)c(O)c3)CC2(C)C)CC(C)(C)NC1(C)C. The average molecular weight is 566 g/mol. The Morgan fingerprint density at radius 3 is 2.15 bits per heavy atom. The van der Waals surface area contributed by atoms with Crippen LogP contribution >= 0.6 is 0 Å². The van der Waals surface area contributed by atoms with E-state index in [1.54, 1.807) is 24.3 Å². The molecule has 2 heterocycles. The van der Waals surface area contributed by atoms with Crippen LogP contribution in [-0.4, -0.2) is 69.7 Å². The summed E-state index contributed by atoms with van der Waals surface area (Å²) in [6.45, 7) is 17.0. The molecule has 2 aliphatic rings. The zero-order valence-corrected chi connectivity index (χ0v) is 25.5. The van der Waals surface area contributed by atoms with Crippen molar-refractivity contribution in [3.8, 4) is 11.5 Å². The number of nitrogens with one attached hydrogen (secondary N) is 1. The first-order valence-corrected chi connectivity index (χ1v) is 14.5. The Kier molecular flexibility index (Phi) is 8.40. The molecule has 0 aromatic heterocycles. The van der Waals surface area contributed by atoms with E-state index in [1.165, 1.54) is 18.2 Å². The van der Waals surface area contributed by atoms with Crippen LogP contribution in [0.1, 0.15) is 83.7 Å². The van der Waals surface area contributed by atoms with Gasteiger partial charge in [0.15, 0.2) is 5.78 Å². The molecule has 0 radical (unpaired) electrons. The maximum Gasteiger partial charge on any atom is 0.316 e. The molecular formula is C33H45N2O6+. The van der Waals surface area contributed by atoms with Crippen LogP contribution in [0.25, 0.3) is 0 Å². The van der Waals surface area contributed by atoms with Crippen LogP contribution < -0.4 is 10.1 Å². The highest BCUT2D eigenvalue weighted by Gasteiger charge is 2.62. The number of aromatic hydroxyl groups is 1. The van der Waals surface area contributed by atoms with Gasteiger partial charge in [0, 0.05) is 35.0 Å². The molecule has 0 bridgehead atoms. The molecule has 41 heavy (non-hydrogen) atoms. The smallest absolute Gasteiger partial charge is 0.316 e. The van der Waals surface area contributed by atoms with E-state index in [4.69, 9.17) is 9.47 Å². The molecule has 2 aromatic carbocycles. The number of rotatable bonds is 10. The molecule has 2 N–H and O–H groups in total. The molecule has 2 aliphatic heterocycles. The van der Waals surface area contributed by atoms with Crippen LogP contribution in [0.15, 0.2) is 48.5 Å². The molecule has 8 heteroatoms. The van der Waals surface area contributed by atoms with Crippen molar-refractivity contribution >= 4 is 17.7 Å². The van der Waals surface area contributed by atoms with E-state index in [2.05, 4.69) is 53.8 Å². The molecule has 4 rings (SSSR count). The van der Waals surface area contributed by atoms with Gasteiger partial charge in [0.05, 0.1) is 31.5 Å². The lowest BCUT2D eigenvalue weighted by molar-refractivity contribution is -0.826. The summed E-state index contributed by atoms with van der Waals surface area (Å²) in [5, 5.41) is 14.1. The molecular weight excluding hydrogens is 520 g/mol. The standard InChI is InChI=1S/C33H44N2O6/c1-22-27(20-31(2,3)34-33(22,6)7)41-29(38)16-18-35(21-32(35,4)5)17-15-28(37)40-24-13-14-25(26(36)19-24)30(39)23-11-9-8-10-12-23/h8-14,19,22,27,34H,15-18,20-21H2,1-7H3/p+1. The number of esters is 2. The van der Waals surface area contributed by atoms with Crippen molar-refractivity contribution in [3.63, 3.8) is 0 Å². The predicted octanol–water partition coefficient (Wildman–Crippen LogP) is 5.02. The second-order valence-corrected chi connectivity index (χ2v) is 13.7. The quantitative estimate of drug-likeness (QED) is 0.137. The minimum atomic E-state index is -0.428. The van der Waals surface area contributed by atoms with E-state index in [0.717, 1.165) is 13.0 Å². The third-order valence-corrected chi connectivity index (χ3v) is 9.19. The van der Waals surface area contributed by atoms with Gasteiger partial charge in [0.25, 0.3) is 0 Å². The lowest BCUT2D eigenvalue weighted by atomic mass is 9.73. The summed E-state index contributed by atoms with van der Waals surface area (Å²) < 4.78 is 12.1. The molecule has 0 saturated carbocycles. The first-order chi connectivity index (χ1) is 19.0. The fourth-order valence-corrected chi connectivity index (χ4v) is 6.44. The van der Waals surface area contributed by atoms with E-state index in [-0.39, 0.29) is 63.9 Å². The van der Waals surface area contributed by atoms with Gasteiger partial charge in [-0.25, -0.2) is 0 Å². The number of phenols is 1. The van der Waals surface area contributed by atoms with Gasteiger partial charge >= 0.3 is 11.9 Å². The summed E-state index contributed by atoms with van der Waals surface area (Å²) in [5.41, 5.74) is 0.307. The first kappa shape index (κ1) is 30.7. The van der Waals surface area contributed by atoms with Crippen molar-refractivity contribution in [2.24, 2.45) is 5.92 Å². The fraction of sp³-hybridized carbons (Fsp3) is 0.545. The van der Waals surface area contributed by atoms with Crippen molar-refractivity contribution in [1.29, 1.82) is 0 Å². The minimum Gasteiger partial charge on any atom is -0.507 e. The highest BCUT2D eigenvalue weighted by Crippen LogP contribution is 2.43. The first-order valence-electron chi connectivity index (χ1n) is 14.5. The molecule has 8 nitrogen and oxygen atoms in total. The van der Waals surface area contributed by atoms with Crippen molar-refractivity contribution in [2.75, 3.05) is 19.6 Å². The van der Waals surface area contributed by atoms with Crippen molar-refractivity contribution in [2.45, 2.75) is 90.4 Å². The third-order valence-electron chi connectivity index (χ3n) is 9.19. The summed E-state index contributed by atoms with van der Waals surface area (Å²) in [6, 6.07) is 13.0. The molecule has 0 amide bonds. The second-order valence-electron chi connectivity index (χ2n) is 13.7. The van der Waals surface area contributed by atoms with E-state index in [9.17, 15) is 19.5 Å². The number of nitrogens with zero attached hydrogens (tertiary/aromatic N) is 1. The monoisotopic (exact) mass is 565 g/mol. The molecule has 222 valence electrons. The van der Waals surface area contributed by atoms with E-state index < -0.39 is 5.97 Å². The Morgan fingerprint density at radius 2 is 1.56 bits per heavy atom. The Balaban J connectivity index is 1.30. The Labute approximate surface area is 243 Å². The van der Waals surface area contributed by atoms with Crippen molar-refractivity contribution < 1.29 is 33.4 Å². The van der Waals surface area contributed by atoms with Gasteiger partial charge in [-0.1, -0.05) is 37.3 Å². The predicted molar refractivity (Wildman–Crippen MR) is 157 cm³/mol. The van der Waals surface area contributed by atoms with Gasteiger partial charge in [0.2, 0.25) is 0 Å². The second kappa shape index (κ2) is 11.2. The minimum absolute atomic E-state index is 0.0374. The molecule has 0 aliphatic carbocycles. The fourth-order valence-electron chi connectivity index (χ4n) is 6.44. The number of piperidine rings is 1. The lowest BCUT2D eigenvalue weighted by Crippen LogP contribution is -2.64. The Hall–Kier alpha value is -3.23.